The van der Waals surface area contributed by atoms with E-state index < -0.39 is 10.0 Å². The Kier molecular flexibility index (Phi) is 5.20. The highest BCUT2D eigenvalue weighted by atomic mass is 32.2. The predicted molar refractivity (Wildman–Crippen MR) is 84.0 cm³/mol. The molecule has 0 bridgehead atoms. The first-order chi connectivity index (χ1) is 10.3. The minimum atomic E-state index is -3.58. The standard InChI is InChI=1S/C15H22N2O4S/c1-10-8-14(10)15(18)16-12-4-6-13(7-5-12)22(19,20)17-11(2)9-21-3/h4-7,10-11,14,17H,8-9H2,1-3H3,(H,16,18)/t10-,11+,14-/m1/s1. The fourth-order valence-electron chi connectivity index (χ4n) is 2.26. The van der Waals surface area contributed by atoms with Gasteiger partial charge in [0.1, 0.15) is 0 Å². The van der Waals surface area contributed by atoms with Gasteiger partial charge in [-0.05, 0) is 43.5 Å². The highest BCUT2D eigenvalue weighted by Crippen LogP contribution is 2.38. The van der Waals surface area contributed by atoms with Gasteiger partial charge < -0.3 is 10.1 Å². The summed E-state index contributed by atoms with van der Waals surface area (Å²) in [5.41, 5.74) is 0.605. The second-order valence-electron chi connectivity index (χ2n) is 5.81. The number of anilines is 1. The van der Waals surface area contributed by atoms with Gasteiger partial charge in [0.15, 0.2) is 0 Å². The average molecular weight is 326 g/mol. The molecule has 0 saturated heterocycles. The van der Waals surface area contributed by atoms with E-state index >= 15 is 0 Å². The van der Waals surface area contributed by atoms with Crippen LogP contribution in [0.3, 0.4) is 0 Å². The number of hydrogen-bond acceptors (Lipinski definition) is 4. The van der Waals surface area contributed by atoms with Crippen LogP contribution in [0.4, 0.5) is 5.69 Å². The number of rotatable bonds is 7. The summed E-state index contributed by atoms with van der Waals surface area (Å²) < 4.78 is 31.8. The van der Waals surface area contributed by atoms with Gasteiger partial charge in [-0.25, -0.2) is 13.1 Å². The SMILES string of the molecule is COC[C@H](C)NS(=O)(=O)c1ccc(NC(=O)[C@@H]2C[C@H]2C)cc1. The normalized spacial score (nSPS) is 22.1. The van der Waals surface area contributed by atoms with Crippen LogP contribution in [0.5, 0.6) is 0 Å². The van der Waals surface area contributed by atoms with E-state index in [0.29, 0.717) is 18.2 Å². The molecule has 0 aromatic heterocycles. The fraction of sp³-hybridized carbons (Fsp3) is 0.533. The van der Waals surface area contributed by atoms with Gasteiger partial charge in [-0.15, -0.1) is 0 Å². The molecule has 1 aromatic carbocycles. The van der Waals surface area contributed by atoms with Crippen LogP contribution in [0.25, 0.3) is 0 Å². The molecule has 0 unspecified atom stereocenters. The topological polar surface area (TPSA) is 84.5 Å². The van der Waals surface area contributed by atoms with Crippen LogP contribution < -0.4 is 10.0 Å². The van der Waals surface area contributed by atoms with Crippen LogP contribution in [0, 0.1) is 11.8 Å². The van der Waals surface area contributed by atoms with Crippen molar-refractivity contribution in [3.63, 3.8) is 0 Å². The van der Waals surface area contributed by atoms with Crippen molar-refractivity contribution in [2.45, 2.75) is 31.2 Å². The molecule has 1 aliphatic rings. The van der Waals surface area contributed by atoms with Gasteiger partial charge in [-0.2, -0.15) is 0 Å². The lowest BCUT2D eigenvalue weighted by Gasteiger charge is -2.13. The lowest BCUT2D eigenvalue weighted by atomic mass is 10.3. The van der Waals surface area contributed by atoms with Crippen molar-refractivity contribution in [2.24, 2.45) is 11.8 Å². The van der Waals surface area contributed by atoms with Crippen LogP contribution in [0.2, 0.25) is 0 Å². The van der Waals surface area contributed by atoms with Crippen molar-refractivity contribution in [3.8, 4) is 0 Å². The molecule has 122 valence electrons. The molecule has 0 heterocycles. The van der Waals surface area contributed by atoms with Crippen LogP contribution in [-0.2, 0) is 19.6 Å². The summed E-state index contributed by atoms with van der Waals surface area (Å²) in [4.78, 5) is 12.0. The molecule has 1 fully saturated rings. The number of amides is 1. The van der Waals surface area contributed by atoms with Crippen molar-refractivity contribution in [3.05, 3.63) is 24.3 Å². The van der Waals surface area contributed by atoms with E-state index in [1.807, 2.05) is 6.92 Å². The van der Waals surface area contributed by atoms with Crippen molar-refractivity contribution >= 4 is 21.6 Å². The van der Waals surface area contributed by atoms with Crippen molar-refractivity contribution < 1.29 is 17.9 Å². The molecule has 3 atom stereocenters. The monoisotopic (exact) mass is 326 g/mol. The summed E-state index contributed by atoms with van der Waals surface area (Å²) in [6, 6.07) is 5.84. The fourth-order valence-corrected chi connectivity index (χ4v) is 3.48. The summed E-state index contributed by atoms with van der Waals surface area (Å²) in [6.07, 6.45) is 0.916. The highest BCUT2D eigenvalue weighted by molar-refractivity contribution is 7.89. The molecule has 0 spiro atoms. The smallest absolute Gasteiger partial charge is 0.240 e. The Hall–Kier alpha value is -1.44. The van der Waals surface area contributed by atoms with Gasteiger partial charge >= 0.3 is 0 Å². The first-order valence-corrected chi connectivity index (χ1v) is 8.74. The molecule has 1 aliphatic carbocycles. The van der Waals surface area contributed by atoms with Gasteiger partial charge in [0.05, 0.1) is 11.5 Å². The third-order valence-electron chi connectivity index (χ3n) is 3.65. The van der Waals surface area contributed by atoms with E-state index in [0.717, 1.165) is 6.42 Å². The maximum Gasteiger partial charge on any atom is 0.240 e. The van der Waals surface area contributed by atoms with Gasteiger partial charge in [-0.3, -0.25) is 4.79 Å². The number of carbonyl (C=O) groups is 1. The average Bonchev–Trinajstić information content (AvgIpc) is 3.16. The lowest BCUT2D eigenvalue weighted by molar-refractivity contribution is -0.117. The van der Waals surface area contributed by atoms with E-state index in [4.69, 9.17) is 4.74 Å². The molecule has 1 saturated carbocycles. The maximum atomic E-state index is 12.2. The quantitative estimate of drug-likeness (QED) is 0.797. The second-order valence-corrected chi connectivity index (χ2v) is 7.52. The Balaban J connectivity index is 2.00. The Morgan fingerprint density at radius 2 is 1.95 bits per heavy atom. The molecular formula is C15H22N2O4S. The van der Waals surface area contributed by atoms with Crippen LogP contribution in [-0.4, -0.2) is 34.1 Å². The van der Waals surface area contributed by atoms with Crippen LogP contribution >= 0.6 is 0 Å². The van der Waals surface area contributed by atoms with Gasteiger partial charge in [-0.1, -0.05) is 6.92 Å². The summed E-state index contributed by atoms with van der Waals surface area (Å²) in [7, 11) is -2.07. The molecular weight excluding hydrogens is 304 g/mol. The number of carbonyl (C=O) groups excluding carboxylic acids is 1. The number of sulfonamides is 1. The molecule has 2 rings (SSSR count). The van der Waals surface area contributed by atoms with E-state index in [2.05, 4.69) is 10.0 Å². The van der Waals surface area contributed by atoms with Crippen molar-refractivity contribution in [2.75, 3.05) is 19.0 Å². The van der Waals surface area contributed by atoms with Crippen LogP contribution in [0.15, 0.2) is 29.2 Å². The van der Waals surface area contributed by atoms with Gasteiger partial charge in [0.2, 0.25) is 15.9 Å². The number of benzene rings is 1. The third-order valence-corrected chi connectivity index (χ3v) is 5.26. The minimum Gasteiger partial charge on any atom is -0.383 e. The van der Waals surface area contributed by atoms with Gasteiger partial charge in [0.25, 0.3) is 0 Å². The molecule has 0 radical (unpaired) electrons. The molecule has 7 heteroatoms. The van der Waals surface area contributed by atoms with Gasteiger partial charge in [0, 0.05) is 24.8 Å². The lowest BCUT2D eigenvalue weighted by Crippen LogP contribution is -2.35. The number of ether oxygens (including phenoxy) is 1. The Bertz CT molecular complexity index is 627. The van der Waals surface area contributed by atoms with Crippen LogP contribution in [0.1, 0.15) is 20.3 Å². The zero-order valence-electron chi connectivity index (χ0n) is 13.0. The number of methoxy groups -OCH3 is 1. The van der Waals surface area contributed by atoms with Crippen molar-refractivity contribution in [1.82, 2.24) is 4.72 Å². The Labute approximate surface area is 131 Å². The Morgan fingerprint density at radius 1 is 1.36 bits per heavy atom. The molecule has 0 aliphatic heterocycles. The number of nitrogens with one attached hydrogen (secondary N) is 2. The zero-order valence-corrected chi connectivity index (χ0v) is 13.8. The zero-order chi connectivity index (χ0) is 16.3. The summed E-state index contributed by atoms with van der Waals surface area (Å²) in [5, 5.41) is 2.80. The number of hydrogen-bond donors (Lipinski definition) is 2. The predicted octanol–water partition coefficient (Wildman–Crippen LogP) is 1.59. The van der Waals surface area contributed by atoms with Crippen molar-refractivity contribution in [1.29, 1.82) is 0 Å². The first kappa shape index (κ1) is 16.9. The van der Waals surface area contributed by atoms with E-state index in [1.54, 1.807) is 19.1 Å². The Morgan fingerprint density at radius 3 is 2.45 bits per heavy atom. The van der Waals surface area contributed by atoms with E-state index in [1.165, 1.54) is 19.2 Å². The van der Waals surface area contributed by atoms with E-state index in [-0.39, 0.29) is 22.8 Å². The molecule has 1 amide bonds. The summed E-state index contributed by atoms with van der Waals surface area (Å²) in [6.45, 7) is 4.06. The summed E-state index contributed by atoms with van der Waals surface area (Å²) >= 11 is 0. The minimum absolute atomic E-state index is 0.00468. The first-order valence-electron chi connectivity index (χ1n) is 7.25. The molecule has 2 N–H and O–H groups in total. The highest BCUT2D eigenvalue weighted by Gasteiger charge is 2.39. The molecule has 1 aromatic rings. The molecule has 6 nitrogen and oxygen atoms in total. The van der Waals surface area contributed by atoms with E-state index in [9.17, 15) is 13.2 Å². The summed E-state index contributed by atoms with van der Waals surface area (Å²) in [5.74, 6) is 0.515. The third kappa shape index (κ3) is 4.28. The maximum absolute atomic E-state index is 12.2. The largest absolute Gasteiger partial charge is 0.383 e. The molecule has 22 heavy (non-hydrogen) atoms. The second kappa shape index (κ2) is 6.76.